The van der Waals surface area contributed by atoms with E-state index in [1.165, 1.54) is 12.5 Å². The van der Waals surface area contributed by atoms with Crippen molar-refractivity contribution in [2.45, 2.75) is 5.03 Å². The summed E-state index contributed by atoms with van der Waals surface area (Å²) in [5.41, 5.74) is 0. The van der Waals surface area contributed by atoms with E-state index in [1.54, 1.807) is 0 Å². The zero-order chi connectivity index (χ0) is 9.90. The maximum absolute atomic E-state index is 11.3. The average Bonchev–Trinajstić information content (AvgIpc) is 2.53. The molecule has 0 spiro atoms. The van der Waals surface area contributed by atoms with Crippen LogP contribution < -0.4 is 4.72 Å². The van der Waals surface area contributed by atoms with Gasteiger partial charge in [0.25, 0.3) is 10.0 Å². The Labute approximate surface area is 80.9 Å². The van der Waals surface area contributed by atoms with E-state index >= 15 is 0 Å². The molecule has 0 aliphatic heterocycles. The topological polar surface area (TPSA) is 74.8 Å². The highest BCUT2D eigenvalue weighted by Gasteiger charge is 2.14. The van der Waals surface area contributed by atoms with Crippen molar-refractivity contribution < 1.29 is 8.42 Å². The molecule has 0 aliphatic carbocycles. The second-order valence-corrected chi connectivity index (χ2v) is 4.53. The van der Waals surface area contributed by atoms with Crippen LogP contribution >= 0.6 is 11.6 Å². The predicted molar refractivity (Wildman–Crippen MR) is 48.8 cm³/mol. The van der Waals surface area contributed by atoms with Gasteiger partial charge >= 0.3 is 0 Å². The lowest BCUT2D eigenvalue weighted by atomic mass is 10.7. The quantitative estimate of drug-likeness (QED) is 0.775. The van der Waals surface area contributed by atoms with E-state index in [9.17, 15) is 8.42 Å². The van der Waals surface area contributed by atoms with Crippen LogP contribution in [0.5, 0.6) is 0 Å². The molecular weight excluding hydrogens is 214 g/mol. The lowest BCUT2D eigenvalue weighted by Crippen LogP contribution is -2.25. The number of imidazole rings is 1. The molecule has 0 aliphatic rings. The first-order valence-corrected chi connectivity index (χ1v) is 5.20. The number of nitrogens with one attached hydrogen (secondary N) is 2. The van der Waals surface area contributed by atoms with Crippen LogP contribution in [-0.4, -0.2) is 24.9 Å². The standard InChI is InChI=1S/C6H8ClN3O2S/c1-5(7)2-10-13(11,12)6-3-8-4-9-6/h3-4,10H,1-2H2,(H,8,9). The fourth-order valence-electron chi connectivity index (χ4n) is 0.641. The zero-order valence-electron chi connectivity index (χ0n) is 6.62. The number of hydrogen-bond acceptors (Lipinski definition) is 3. The minimum atomic E-state index is -3.53. The summed E-state index contributed by atoms with van der Waals surface area (Å²) in [6, 6.07) is 0. The maximum atomic E-state index is 11.3. The molecule has 1 aromatic rings. The third kappa shape index (κ3) is 2.83. The van der Waals surface area contributed by atoms with Crippen LogP contribution in [0.4, 0.5) is 0 Å². The van der Waals surface area contributed by atoms with Gasteiger partial charge in [0.1, 0.15) is 0 Å². The molecule has 0 atom stereocenters. The molecule has 0 saturated heterocycles. The fraction of sp³-hybridized carbons (Fsp3) is 0.167. The Morgan fingerprint density at radius 2 is 2.46 bits per heavy atom. The minimum Gasteiger partial charge on any atom is -0.335 e. The van der Waals surface area contributed by atoms with Crippen LogP contribution in [0.3, 0.4) is 0 Å². The van der Waals surface area contributed by atoms with Gasteiger partial charge in [0.05, 0.1) is 12.5 Å². The lowest BCUT2D eigenvalue weighted by Gasteiger charge is -2.01. The Hall–Kier alpha value is -0.850. The minimum absolute atomic E-state index is 0.00289. The molecule has 0 unspecified atom stereocenters. The van der Waals surface area contributed by atoms with E-state index in [4.69, 9.17) is 11.6 Å². The third-order valence-electron chi connectivity index (χ3n) is 1.22. The summed E-state index contributed by atoms with van der Waals surface area (Å²) >= 11 is 5.40. The van der Waals surface area contributed by atoms with Crippen molar-refractivity contribution in [2.75, 3.05) is 6.54 Å². The molecule has 2 N–H and O–H groups in total. The van der Waals surface area contributed by atoms with Gasteiger partial charge in [0.2, 0.25) is 0 Å². The number of rotatable bonds is 4. The van der Waals surface area contributed by atoms with Gasteiger partial charge in [-0.15, -0.1) is 0 Å². The largest absolute Gasteiger partial charge is 0.335 e. The predicted octanol–water partition coefficient (Wildman–Crippen LogP) is 0.441. The number of aromatic nitrogens is 2. The highest BCUT2D eigenvalue weighted by Crippen LogP contribution is 2.03. The van der Waals surface area contributed by atoms with Gasteiger partial charge in [-0.05, 0) is 0 Å². The fourth-order valence-corrected chi connectivity index (χ4v) is 1.71. The molecule has 13 heavy (non-hydrogen) atoms. The van der Waals surface area contributed by atoms with Crippen LogP contribution in [0.15, 0.2) is 29.2 Å². The van der Waals surface area contributed by atoms with Crippen molar-refractivity contribution >= 4 is 21.6 Å². The Morgan fingerprint density at radius 3 is 2.92 bits per heavy atom. The molecule has 72 valence electrons. The van der Waals surface area contributed by atoms with E-state index in [-0.39, 0.29) is 16.6 Å². The Balaban J connectivity index is 2.74. The lowest BCUT2D eigenvalue weighted by molar-refractivity contribution is 0.582. The summed E-state index contributed by atoms with van der Waals surface area (Å²) < 4.78 is 24.9. The highest BCUT2D eigenvalue weighted by molar-refractivity contribution is 7.89. The smallest absolute Gasteiger partial charge is 0.257 e. The van der Waals surface area contributed by atoms with Gasteiger partial charge in [-0.1, -0.05) is 18.2 Å². The van der Waals surface area contributed by atoms with Gasteiger partial charge in [-0.3, -0.25) is 0 Å². The van der Waals surface area contributed by atoms with Crippen LogP contribution in [-0.2, 0) is 10.0 Å². The first-order chi connectivity index (χ1) is 6.02. The van der Waals surface area contributed by atoms with Gasteiger partial charge in [-0.25, -0.2) is 18.1 Å². The first-order valence-electron chi connectivity index (χ1n) is 3.33. The Kier molecular flexibility index (Phi) is 3.07. The van der Waals surface area contributed by atoms with E-state index in [0.717, 1.165) is 0 Å². The summed E-state index contributed by atoms with van der Waals surface area (Å²) in [6.07, 6.45) is 2.49. The zero-order valence-corrected chi connectivity index (χ0v) is 8.19. The van der Waals surface area contributed by atoms with E-state index in [0.29, 0.717) is 0 Å². The summed E-state index contributed by atoms with van der Waals surface area (Å²) in [5.74, 6) is 0. The number of halogens is 1. The van der Waals surface area contributed by atoms with Crippen LogP contribution in [0.2, 0.25) is 0 Å². The number of hydrogen-bond donors (Lipinski definition) is 2. The molecular formula is C6H8ClN3O2S. The van der Waals surface area contributed by atoms with E-state index in [1.807, 2.05) is 0 Å². The molecule has 1 rings (SSSR count). The van der Waals surface area contributed by atoms with Crippen molar-refractivity contribution in [1.82, 2.24) is 14.7 Å². The first kappa shape index (κ1) is 10.2. The van der Waals surface area contributed by atoms with Gasteiger partial charge in [-0.2, -0.15) is 0 Å². The van der Waals surface area contributed by atoms with E-state index < -0.39 is 10.0 Å². The van der Waals surface area contributed by atoms with Crippen molar-refractivity contribution in [3.8, 4) is 0 Å². The summed E-state index contributed by atoms with van der Waals surface area (Å²) in [5, 5.41) is 0.230. The molecule has 0 radical (unpaired) electrons. The Morgan fingerprint density at radius 1 is 1.77 bits per heavy atom. The van der Waals surface area contributed by atoms with Crippen LogP contribution in [0.1, 0.15) is 0 Å². The number of H-pyrrole nitrogens is 1. The summed E-state index contributed by atoms with van der Waals surface area (Å²) in [4.78, 5) is 6.05. The monoisotopic (exact) mass is 221 g/mol. The molecule has 0 saturated carbocycles. The third-order valence-corrected chi connectivity index (χ3v) is 2.68. The maximum Gasteiger partial charge on any atom is 0.257 e. The second kappa shape index (κ2) is 3.91. The van der Waals surface area contributed by atoms with Gasteiger partial charge < -0.3 is 4.98 Å². The SMILES string of the molecule is C=C(Cl)CNS(=O)(=O)c1cnc[nH]1. The molecule has 0 amide bonds. The van der Waals surface area contributed by atoms with Crippen molar-refractivity contribution in [2.24, 2.45) is 0 Å². The average molecular weight is 222 g/mol. The summed E-state index contributed by atoms with van der Waals surface area (Å²) in [6.45, 7) is 3.36. The Bertz CT molecular complexity index is 384. The molecule has 7 heteroatoms. The van der Waals surface area contributed by atoms with Crippen LogP contribution in [0.25, 0.3) is 0 Å². The molecule has 1 heterocycles. The van der Waals surface area contributed by atoms with Gasteiger partial charge in [0.15, 0.2) is 5.03 Å². The molecule has 5 nitrogen and oxygen atoms in total. The molecule has 0 bridgehead atoms. The molecule has 0 fully saturated rings. The number of aromatic amines is 1. The number of nitrogens with zero attached hydrogens (tertiary/aromatic N) is 1. The normalized spacial score (nSPS) is 11.5. The van der Waals surface area contributed by atoms with E-state index in [2.05, 4.69) is 21.3 Å². The van der Waals surface area contributed by atoms with Gasteiger partial charge in [0, 0.05) is 11.6 Å². The highest BCUT2D eigenvalue weighted by atomic mass is 35.5. The van der Waals surface area contributed by atoms with Crippen molar-refractivity contribution in [3.05, 3.63) is 24.1 Å². The van der Waals surface area contributed by atoms with Crippen LogP contribution in [0, 0.1) is 0 Å². The molecule has 0 aromatic carbocycles. The number of sulfonamides is 1. The second-order valence-electron chi connectivity index (χ2n) is 2.26. The summed E-state index contributed by atoms with van der Waals surface area (Å²) in [7, 11) is -3.53. The van der Waals surface area contributed by atoms with Crippen molar-refractivity contribution in [3.63, 3.8) is 0 Å². The van der Waals surface area contributed by atoms with Crippen molar-refractivity contribution in [1.29, 1.82) is 0 Å². The molecule has 1 aromatic heterocycles.